The molecule has 1 atom stereocenters. The van der Waals surface area contributed by atoms with E-state index in [9.17, 15) is 4.79 Å². The molecule has 1 saturated carbocycles. The first-order valence-corrected chi connectivity index (χ1v) is 5.91. The number of carbonyl (C=O) groups is 1. The zero-order valence-electron chi connectivity index (χ0n) is 10.6. The minimum absolute atomic E-state index is 0.0519. The van der Waals surface area contributed by atoms with Gasteiger partial charge in [0.15, 0.2) is 0 Å². The number of hydrogen-bond acceptors (Lipinski definition) is 3. The Morgan fingerprint density at radius 1 is 1.44 bits per heavy atom. The van der Waals surface area contributed by atoms with Gasteiger partial charge >= 0.3 is 6.09 Å². The Bertz CT molecular complexity index is 303. The van der Waals surface area contributed by atoms with Crippen LogP contribution in [0, 0.1) is 10.8 Å². The van der Waals surface area contributed by atoms with E-state index in [1.165, 1.54) is 0 Å². The molecule has 92 valence electrons. The quantitative estimate of drug-likeness (QED) is 0.738. The standard InChI is InChI=1S/C12H22N2O2/c1-11(2,3)9-12(7-14(9)4)5-8(6-12)16-10(13)15/h8-9H,5-7H2,1-4H3,(H2,13,15). The summed E-state index contributed by atoms with van der Waals surface area (Å²) in [7, 11) is 2.17. The van der Waals surface area contributed by atoms with Gasteiger partial charge in [-0.2, -0.15) is 0 Å². The van der Waals surface area contributed by atoms with Crippen molar-refractivity contribution in [3.63, 3.8) is 0 Å². The number of nitrogens with two attached hydrogens (primary N) is 1. The average Bonchev–Trinajstić information content (AvgIpc) is 1.93. The summed E-state index contributed by atoms with van der Waals surface area (Å²) in [4.78, 5) is 13.1. The first kappa shape index (κ1) is 11.7. The fourth-order valence-corrected chi connectivity index (χ4v) is 4.06. The van der Waals surface area contributed by atoms with Gasteiger partial charge in [-0.05, 0) is 25.3 Å². The van der Waals surface area contributed by atoms with Crippen LogP contribution in [0.5, 0.6) is 0 Å². The monoisotopic (exact) mass is 226 g/mol. The molecule has 1 unspecified atom stereocenters. The summed E-state index contributed by atoms with van der Waals surface area (Å²) in [6.45, 7) is 7.94. The Hall–Kier alpha value is -0.770. The van der Waals surface area contributed by atoms with Gasteiger partial charge in [0.25, 0.3) is 0 Å². The van der Waals surface area contributed by atoms with Crippen LogP contribution in [0.4, 0.5) is 4.79 Å². The highest BCUT2D eigenvalue weighted by atomic mass is 16.6. The molecule has 2 N–H and O–H groups in total. The lowest BCUT2D eigenvalue weighted by atomic mass is 9.51. The fourth-order valence-electron chi connectivity index (χ4n) is 4.06. The summed E-state index contributed by atoms with van der Waals surface area (Å²) in [5.74, 6) is 0. The number of amides is 1. The van der Waals surface area contributed by atoms with E-state index in [1.807, 2.05) is 0 Å². The van der Waals surface area contributed by atoms with Gasteiger partial charge in [0.1, 0.15) is 6.10 Å². The Kier molecular flexibility index (Phi) is 2.46. The highest BCUT2D eigenvalue weighted by Crippen LogP contribution is 2.58. The van der Waals surface area contributed by atoms with Crippen molar-refractivity contribution in [3.05, 3.63) is 0 Å². The van der Waals surface area contributed by atoms with Crippen LogP contribution in [-0.2, 0) is 4.74 Å². The second-order valence-corrected chi connectivity index (χ2v) is 6.51. The molecule has 4 nitrogen and oxygen atoms in total. The van der Waals surface area contributed by atoms with E-state index < -0.39 is 6.09 Å². The number of likely N-dealkylation sites (tertiary alicyclic amines) is 1. The number of ether oxygens (including phenoxy) is 1. The van der Waals surface area contributed by atoms with E-state index in [1.54, 1.807) is 0 Å². The van der Waals surface area contributed by atoms with Crippen LogP contribution >= 0.6 is 0 Å². The number of carbonyl (C=O) groups excluding carboxylic acids is 1. The normalized spacial score (nSPS) is 39.0. The lowest BCUT2D eigenvalue weighted by Gasteiger charge is -2.67. The maximum atomic E-state index is 10.7. The molecular formula is C12H22N2O2. The lowest BCUT2D eigenvalue weighted by molar-refractivity contribution is -0.196. The second kappa shape index (κ2) is 3.36. The van der Waals surface area contributed by atoms with E-state index in [-0.39, 0.29) is 11.5 Å². The van der Waals surface area contributed by atoms with Gasteiger partial charge < -0.3 is 15.4 Å². The van der Waals surface area contributed by atoms with Crippen LogP contribution in [0.1, 0.15) is 33.6 Å². The zero-order chi connectivity index (χ0) is 12.1. The predicted octanol–water partition coefficient (Wildman–Crippen LogP) is 1.59. The molecule has 1 aliphatic heterocycles. The summed E-state index contributed by atoms with van der Waals surface area (Å²) in [6, 6.07) is 0.590. The van der Waals surface area contributed by atoms with Gasteiger partial charge in [0, 0.05) is 18.0 Å². The molecule has 2 aliphatic rings. The molecule has 1 amide bonds. The second-order valence-electron chi connectivity index (χ2n) is 6.51. The van der Waals surface area contributed by atoms with Crippen LogP contribution in [0.2, 0.25) is 0 Å². The molecule has 2 fully saturated rings. The Balaban J connectivity index is 1.96. The summed E-state index contributed by atoms with van der Waals surface area (Å²) >= 11 is 0. The van der Waals surface area contributed by atoms with E-state index in [2.05, 4.69) is 32.7 Å². The number of primary amides is 1. The van der Waals surface area contributed by atoms with Crippen molar-refractivity contribution < 1.29 is 9.53 Å². The van der Waals surface area contributed by atoms with Crippen LogP contribution in [-0.4, -0.2) is 36.7 Å². The maximum Gasteiger partial charge on any atom is 0.404 e. The van der Waals surface area contributed by atoms with Crippen LogP contribution in [0.25, 0.3) is 0 Å². The van der Waals surface area contributed by atoms with Crippen molar-refractivity contribution in [2.24, 2.45) is 16.6 Å². The molecule has 2 rings (SSSR count). The van der Waals surface area contributed by atoms with Crippen LogP contribution < -0.4 is 5.73 Å². The van der Waals surface area contributed by atoms with Gasteiger partial charge in [-0.15, -0.1) is 0 Å². The molecule has 4 heteroatoms. The zero-order valence-corrected chi connectivity index (χ0v) is 10.6. The minimum atomic E-state index is -0.639. The largest absolute Gasteiger partial charge is 0.446 e. The molecule has 1 heterocycles. The maximum absolute atomic E-state index is 10.7. The Morgan fingerprint density at radius 2 is 2.00 bits per heavy atom. The van der Waals surface area contributed by atoms with Crippen LogP contribution in [0.3, 0.4) is 0 Å². The summed E-state index contributed by atoms with van der Waals surface area (Å²) < 4.78 is 5.03. The molecule has 1 spiro atoms. The molecule has 1 saturated heterocycles. The topological polar surface area (TPSA) is 55.6 Å². The van der Waals surface area contributed by atoms with Gasteiger partial charge in [-0.3, -0.25) is 0 Å². The molecule has 0 bridgehead atoms. The highest BCUT2D eigenvalue weighted by Gasteiger charge is 2.62. The lowest BCUT2D eigenvalue weighted by Crippen LogP contribution is -2.73. The highest BCUT2D eigenvalue weighted by molar-refractivity contribution is 5.65. The average molecular weight is 226 g/mol. The molecule has 0 radical (unpaired) electrons. The van der Waals surface area contributed by atoms with Crippen molar-refractivity contribution in [3.8, 4) is 0 Å². The molecule has 0 aromatic heterocycles. The third-order valence-corrected chi connectivity index (χ3v) is 3.96. The van der Waals surface area contributed by atoms with E-state index in [0.717, 1.165) is 19.4 Å². The van der Waals surface area contributed by atoms with E-state index in [0.29, 0.717) is 11.5 Å². The van der Waals surface area contributed by atoms with Crippen molar-refractivity contribution in [2.45, 2.75) is 45.8 Å². The molecule has 0 aromatic rings. The third-order valence-electron chi connectivity index (χ3n) is 3.96. The van der Waals surface area contributed by atoms with E-state index in [4.69, 9.17) is 10.5 Å². The first-order chi connectivity index (χ1) is 7.24. The summed E-state index contributed by atoms with van der Waals surface area (Å²) in [6.07, 6.45) is 1.36. The van der Waals surface area contributed by atoms with Gasteiger partial charge in [0.05, 0.1) is 0 Å². The number of nitrogens with zero attached hydrogens (tertiary/aromatic N) is 1. The first-order valence-electron chi connectivity index (χ1n) is 5.91. The van der Waals surface area contributed by atoms with Gasteiger partial charge in [-0.25, -0.2) is 4.79 Å². The molecular weight excluding hydrogens is 204 g/mol. The van der Waals surface area contributed by atoms with Crippen molar-refractivity contribution in [1.29, 1.82) is 0 Å². The van der Waals surface area contributed by atoms with E-state index >= 15 is 0 Å². The molecule has 16 heavy (non-hydrogen) atoms. The molecule has 1 aliphatic carbocycles. The van der Waals surface area contributed by atoms with Gasteiger partial charge in [-0.1, -0.05) is 20.8 Å². The van der Waals surface area contributed by atoms with Crippen molar-refractivity contribution >= 4 is 6.09 Å². The predicted molar refractivity (Wildman–Crippen MR) is 62.0 cm³/mol. The Morgan fingerprint density at radius 3 is 2.38 bits per heavy atom. The molecule has 0 aromatic carbocycles. The minimum Gasteiger partial charge on any atom is -0.446 e. The van der Waals surface area contributed by atoms with Crippen LogP contribution in [0.15, 0.2) is 0 Å². The number of hydrogen-bond donors (Lipinski definition) is 1. The van der Waals surface area contributed by atoms with Crippen molar-refractivity contribution in [1.82, 2.24) is 4.90 Å². The summed E-state index contributed by atoms with van der Waals surface area (Å²) in [5, 5.41) is 0. The Labute approximate surface area is 97.1 Å². The number of rotatable bonds is 1. The van der Waals surface area contributed by atoms with Crippen molar-refractivity contribution in [2.75, 3.05) is 13.6 Å². The third kappa shape index (κ3) is 1.69. The van der Waals surface area contributed by atoms with Gasteiger partial charge in [0.2, 0.25) is 0 Å². The fraction of sp³-hybridized carbons (Fsp3) is 0.917. The summed E-state index contributed by atoms with van der Waals surface area (Å²) in [5.41, 5.74) is 5.68. The SMILES string of the molecule is CN1CC2(CC(OC(N)=O)C2)C1C(C)(C)C. The smallest absolute Gasteiger partial charge is 0.404 e.